The van der Waals surface area contributed by atoms with Crippen molar-refractivity contribution in [1.29, 1.82) is 0 Å². The fourth-order valence-electron chi connectivity index (χ4n) is 2.57. The van der Waals surface area contributed by atoms with Gasteiger partial charge in [-0.25, -0.2) is 4.79 Å². The van der Waals surface area contributed by atoms with Crippen LogP contribution in [0.15, 0.2) is 36.4 Å². The van der Waals surface area contributed by atoms with Gasteiger partial charge in [0.1, 0.15) is 11.3 Å². The SMILES string of the molecule is Nc1cccc(C(=O)O)c1Oc1ccc2c(c1)CCC2. The van der Waals surface area contributed by atoms with Crippen LogP contribution in [0, 0.1) is 0 Å². The molecule has 0 heterocycles. The molecule has 0 unspecified atom stereocenters. The van der Waals surface area contributed by atoms with Crippen LogP contribution < -0.4 is 10.5 Å². The number of hydrogen-bond acceptors (Lipinski definition) is 3. The number of para-hydroxylation sites is 1. The first-order chi connectivity index (χ1) is 9.65. The zero-order valence-electron chi connectivity index (χ0n) is 10.9. The summed E-state index contributed by atoms with van der Waals surface area (Å²) >= 11 is 0. The second-order valence-electron chi connectivity index (χ2n) is 4.92. The average Bonchev–Trinajstić information content (AvgIpc) is 2.88. The Hall–Kier alpha value is -2.49. The van der Waals surface area contributed by atoms with Crippen LogP contribution >= 0.6 is 0 Å². The number of nitrogen functional groups attached to an aromatic ring is 1. The fraction of sp³-hybridized carbons (Fsp3) is 0.188. The van der Waals surface area contributed by atoms with E-state index in [2.05, 4.69) is 0 Å². The molecule has 0 aliphatic heterocycles. The second kappa shape index (κ2) is 4.89. The molecule has 3 N–H and O–H groups in total. The first kappa shape index (κ1) is 12.5. The largest absolute Gasteiger partial charge is 0.478 e. The van der Waals surface area contributed by atoms with Crippen LogP contribution in [-0.2, 0) is 12.8 Å². The van der Waals surface area contributed by atoms with Crippen LogP contribution in [0.3, 0.4) is 0 Å². The highest BCUT2D eigenvalue weighted by atomic mass is 16.5. The monoisotopic (exact) mass is 269 g/mol. The summed E-state index contributed by atoms with van der Waals surface area (Å²) < 4.78 is 5.72. The van der Waals surface area contributed by atoms with E-state index in [9.17, 15) is 9.90 Å². The van der Waals surface area contributed by atoms with Gasteiger partial charge in [0, 0.05) is 0 Å². The average molecular weight is 269 g/mol. The molecular formula is C16H15NO3. The van der Waals surface area contributed by atoms with Gasteiger partial charge in [-0.1, -0.05) is 12.1 Å². The van der Waals surface area contributed by atoms with Gasteiger partial charge in [-0.2, -0.15) is 0 Å². The maximum absolute atomic E-state index is 11.2. The number of benzene rings is 2. The lowest BCUT2D eigenvalue weighted by atomic mass is 10.1. The van der Waals surface area contributed by atoms with Crippen molar-refractivity contribution in [3.05, 3.63) is 53.1 Å². The molecule has 0 spiro atoms. The lowest BCUT2D eigenvalue weighted by Gasteiger charge is -2.12. The Morgan fingerprint density at radius 3 is 2.75 bits per heavy atom. The van der Waals surface area contributed by atoms with Crippen LogP contribution in [0.2, 0.25) is 0 Å². The number of nitrogens with two attached hydrogens (primary N) is 1. The molecule has 2 aromatic rings. The van der Waals surface area contributed by atoms with E-state index >= 15 is 0 Å². The van der Waals surface area contributed by atoms with Gasteiger partial charge in [0.2, 0.25) is 0 Å². The van der Waals surface area contributed by atoms with Crippen LogP contribution in [0.25, 0.3) is 0 Å². The van der Waals surface area contributed by atoms with Gasteiger partial charge < -0.3 is 15.6 Å². The van der Waals surface area contributed by atoms with Crippen molar-refractivity contribution in [2.45, 2.75) is 19.3 Å². The predicted octanol–water partition coefficient (Wildman–Crippen LogP) is 3.25. The van der Waals surface area contributed by atoms with Crippen molar-refractivity contribution in [2.24, 2.45) is 0 Å². The van der Waals surface area contributed by atoms with E-state index < -0.39 is 5.97 Å². The zero-order valence-corrected chi connectivity index (χ0v) is 10.9. The Balaban J connectivity index is 1.97. The molecule has 4 nitrogen and oxygen atoms in total. The molecule has 0 saturated heterocycles. The van der Waals surface area contributed by atoms with Gasteiger partial charge in [0.25, 0.3) is 0 Å². The minimum atomic E-state index is -1.05. The summed E-state index contributed by atoms with van der Waals surface area (Å²) in [5.41, 5.74) is 8.85. The normalized spacial score (nSPS) is 13.0. The first-order valence-electron chi connectivity index (χ1n) is 6.56. The summed E-state index contributed by atoms with van der Waals surface area (Å²) in [6.45, 7) is 0. The summed E-state index contributed by atoms with van der Waals surface area (Å²) in [7, 11) is 0. The second-order valence-corrected chi connectivity index (χ2v) is 4.92. The summed E-state index contributed by atoms with van der Waals surface area (Å²) in [6.07, 6.45) is 3.30. The van der Waals surface area contributed by atoms with Crippen molar-refractivity contribution in [3.63, 3.8) is 0 Å². The molecule has 0 aromatic heterocycles. The van der Waals surface area contributed by atoms with Gasteiger partial charge in [0.15, 0.2) is 5.75 Å². The summed E-state index contributed by atoms with van der Waals surface area (Å²) in [6, 6.07) is 10.6. The van der Waals surface area contributed by atoms with E-state index in [0.717, 1.165) is 19.3 Å². The van der Waals surface area contributed by atoms with Crippen LogP contribution in [-0.4, -0.2) is 11.1 Å². The number of aromatic carboxylic acids is 1. The molecule has 1 aliphatic carbocycles. The number of hydrogen-bond donors (Lipinski definition) is 2. The summed E-state index contributed by atoms with van der Waals surface area (Å²) in [4.78, 5) is 11.2. The quantitative estimate of drug-likeness (QED) is 0.839. The number of carboxylic acid groups (broad SMARTS) is 1. The Bertz CT molecular complexity index is 679. The number of rotatable bonds is 3. The lowest BCUT2D eigenvalue weighted by Crippen LogP contribution is -2.03. The zero-order chi connectivity index (χ0) is 14.1. The number of anilines is 1. The predicted molar refractivity (Wildman–Crippen MR) is 76.4 cm³/mol. The van der Waals surface area contributed by atoms with Crippen molar-refractivity contribution < 1.29 is 14.6 Å². The highest BCUT2D eigenvalue weighted by Crippen LogP contribution is 2.33. The van der Waals surface area contributed by atoms with Gasteiger partial charge in [0.05, 0.1) is 5.69 Å². The van der Waals surface area contributed by atoms with E-state index in [1.807, 2.05) is 18.2 Å². The van der Waals surface area contributed by atoms with Crippen molar-refractivity contribution in [1.82, 2.24) is 0 Å². The smallest absolute Gasteiger partial charge is 0.339 e. The molecule has 102 valence electrons. The molecule has 1 aliphatic rings. The molecule has 20 heavy (non-hydrogen) atoms. The minimum absolute atomic E-state index is 0.0745. The molecule has 4 heteroatoms. The van der Waals surface area contributed by atoms with Crippen LogP contribution in [0.1, 0.15) is 27.9 Å². The van der Waals surface area contributed by atoms with E-state index in [-0.39, 0.29) is 11.3 Å². The van der Waals surface area contributed by atoms with Crippen molar-refractivity contribution in [2.75, 3.05) is 5.73 Å². The molecule has 0 radical (unpaired) electrons. The van der Waals surface area contributed by atoms with E-state index in [1.165, 1.54) is 17.2 Å². The Morgan fingerprint density at radius 1 is 1.15 bits per heavy atom. The Morgan fingerprint density at radius 2 is 1.95 bits per heavy atom. The molecule has 0 amide bonds. The van der Waals surface area contributed by atoms with E-state index in [0.29, 0.717) is 11.4 Å². The lowest BCUT2D eigenvalue weighted by molar-refractivity contribution is 0.0694. The minimum Gasteiger partial charge on any atom is -0.478 e. The number of carboxylic acids is 1. The van der Waals surface area contributed by atoms with Gasteiger partial charge in [-0.3, -0.25) is 0 Å². The third-order valence-corrected chi connectivity index (χ3v) is 3.57. The number of aryl methyl sites for hydroxylation is 2. The maximum Gasteiger partial charge on any atom is 0.339 e. The Kier molecular flexibility index (Phi) is 3.06. The molecule has 0 saturated carbocycles. The van der Waals surface area contributed by atoms with Gasteiger partial charge >= 0.3 is 5.97 Å². The topological polar surface area (TPSA) is 72.6 Å². The van der Waals surface area contributed by atoms with Gasteiger partial charge in [-0.15, -0.1) is 0 Å². The Labute approximate surface area is 116 Å². The molecule has 0 fully saturated rings. The molecule has 3 rings (SSSR count). The summed E-state index contributed by atoms with van der Waals surface area (Å²) in [5, 5.41) is 9.19. The third kappa shape index (κ3) is 2.20. The number of ether oxygens (including phenoxy) is 1. The fourth-order valence-corrected chi connectivity index (χ4v) is 2.57. The highest BCUT2D eigenvalue weighted by Gasteiger charge is 2.16. The van der Waals surface area contributed by atoms with E-state index in [4.69, 9.17) is 10.5 Å². The number of fused-ring (bicyclic) bond motifs is 1. The molecular weight excluding hydrogens is 254 g/mol. The first-order valence-corrected chi connectivity index (χ1v) is 6.56. The number of carbonyl (C=O) groups is 1. The van der Waals surface area contributed by atoms with Crippen molar-refractivity contribution in [3.8, 4) is 11.5 Å². The molecule has 0 bridgehead atoms. The standard InChI is InChI=1S/C16H15NO3/c17-14-6-2-5-13(16(18)19)15(14)20-12-8-7-10-3-1-4-11(10)9-12/h2,5-9H,1,3-4,17H2,(H,18,19). The third-order valence-electron chi connectivity index (χ3n) is 3.57. The maximum atomic E-state index is 11.2. The van der Waals surface area contributed by atoms with Crippen molar-refractivity contribution >= 4 is 11.7 Å². The van der Waals surface area contributed by atoms with Gasteiger partial charge in [-0.05, 0) is 54.7 Å². The van der Waals surface area contributed by atoms with E-state index in [1.54, 1.807) is 12.1 Å². The van der Waals surface area contributed by atoms with Crippen LogP contribution in [0.5, 0.6) is 11.5 Å². The molecule has 2 aromatic carbocycles. The summed E-state index contributed by atoms with van der Waals surface area (Å²) in [5.74, 6) is -0.211. The van der Waals surface area contributed by atoms with Crippen LogP contribution in [0.4, 0.5) is 5.69 Å². The highest BCUT2D eigenvalue weighted by molar-refractivity contribution is 5.93. The molecule has 0 atom stereocenters.